The predicted octanol–water partition coefficient (Wildman–Crippen LogP) is 2.27. The number of halogens is 1. The summed E-state index contributed by atoms with van der Waals surface area (Å²) in [6.07, 6.45) is 0. The Balaban J connectivity index is 3.08. The third kappa shape index (κ3) is 2.70. The largest absolute Gasteiger partial charge is 0.495 e. The summed E-state index contributed by atoms with van der Waals surface area (Å²) in [6, 6.07) is 4.88. The summed E-state index contributed by atoms with van der Waals surface area (Å²) in [5.41, 5.74) is 5.31. The second kappa shape index (κ2) is 4.21. The average Bonchev–Trinajstić information content (AvgIpc) is 2.15. The van der Waals surface area contributed by atoms with Crippen molar-refractivity contribution < 1.29 is 9.53 Å². The first-order chi connectivity index (χ1) is 6.86. The summed E-state index contributed by atoms with van der Waals surface area (Å²) in [7, 11) is 1.52. The van der Waals surface area contributed by atoms with E-state index in [1.165, 1.54) is 7.11 Å². The van der Waals surface area contributed by atoms with E-state index in [1.54, 1.807) is 32.0 Å². The number of methoxy groups -OCH3 is 1. The van der Waals surface area contributed by atoms with Gasteiger partial charge < -0.3 is 10.5 Å². The van der Waals surface area contributed by atoms with E-state index in [0.717, 1.165) is 0 Å². The summed E-state index contributed by atoms with van der Waals surface area (Å²) < 4.78 is 4.99. The first-order valence-corrected chi connectivity index (χ1v) is 4.91. The number of hydrogen-bond acceptors (Lipinski definition) is 3. The summed E-state index contributed by atoms with van der Waals surface area (Å²) in [6.45, 7) is 3.32. The van der Waals surface area contributed by atoms with Gasteiger partial charge in [-0.3, -0.25) is 4.79 Å². The molecule has 0 aliphatic rings. The Bertz CT molecular complexity index is 383. The smallest absolute Gasteiger partial charge is 0.182 e. The SMILES string of the molecule is COc1ccc(C(=O)C(C)(C)N)cc1Cl. The van der Waals surface area contributed by atoms with Crippen LogP contribution in [0, 0.1) is 0 Å². The van der Waals surface area contributed by atoms with Crippen LogP contribution in [0.3, 0.4) is 0 Å². The monoisotopic (exact) mass is 227 g/mol. The van der Waals surface area contributed by atoms with Gasteiger partial charge in [-0.05, 0) is 32.0 Å². The first-order valence-electron chi connectivity index (χ1n) is 4.53. The Morgan fingerprint density at radius 1 is 1.47 bits per heavy atom. The Morgan fingerprint density at radius 3 is 2.47 bits per heavy atom. The van der Waals surface area contributed by atoms with Gasteiger partial charge in [0.2, 0.25) is 0 Å². The molecule has 3 nitrogen and oxygen atoms in total. The minimum Gasteiger partial charge on any atom is -0.495 e. The molecular formula is C11H14ClNO2. The summed E-state index contributed by atoms with van der Waals surface area (Å²) in [5.74, 6) is 0.398. The van der Waals surface area contributed by atoms with Crippen molar-refractivity contribution in [1.29, 1.82) is 0 Å². The molecule has 0 heterocycles. The zero-order valence-electron chi connectivity index (χ0n) is 9.00. The zero-order chi connectivity index (χ0) is 11.6. The van der Waals surface area contributed by atoms with Crippen molar-refractivity contribution >= 4 is 17.4 Å². The van der Waals surface area contributed by atoms with E-state index in [1.807, 2.05) is 0 Å². The maximum atomic E-state index is 11.8. The molecule has 0 aliphatic carbocycles. The molecule has 2 N–H and O–H groups in total. The standard InChI is InChI=1S/C11H14ClNO2/c1-11(2,13)10(14)7-4-5-9(15-3)8(12)6-7/h4-6H,13H2,1-3H3. The second-order valence-electron chi connectivity index (χ2n) is 3.90. The third-order valence-corrected chi connectivity index (χ3v) is 2.29. The molecule has 0 aromatic heterocycles. The number of carbonyl (C=O) groups excluding carboxylic acids is 1. The maximum Gasteiger partial charge on any atom is 0.182 e. The van der Waals surface area contributed by atoms with Crippen LogP contribution in [-0.4, -0.2) is 18.4 Å². The van der Waals surface area contributed by atoms with Crippen molar-refractivity contribution in [2.24, 2.45) is 5.73 Å². The summed E-state index contributed by atoms with van der Waals surface area (Å²) >= 11 is 5.91. The highest BCUT2D eigenvalue weighted by molar-refractivity contribution is 6.32. The van der Waals surface area contributed by atoms with Crippen molar-refractivity contribution in [3.63, 3.8) is 0 Å². The van der Waals surface area contributed by atoms with Crippen LogP contribution in [0.25, 0.3) is 0 Å². The second-order valence-corrected chi connectivity index (χ2v) is 4.31. The van der Waals surface area contributed by atoms with Crippen molar-refractivity contribution in [3.05, 3.63) is 28.8 Å². The molecule has 1 aromatic rings. The van der Waals surface area contributed by atoms with E-state index < -0.39 is 5.54 Å². The molecule has 0 saturated heterocycles. The van der Waals surface area contributed by atoms with Gasteiger partial charge in [-0.1, -0.05) is 11.6 Å². The maximum absolute atomic E-state index is 11.8. The summed E-state index contributed by atoms with van der Waals surface area (Å²) in [5, 5.41) is 0.410. The molecule has 0 spiro atoms. The molecule has 4 heteroatoms. The lowest BCUT2D eigenvalue weighted by Gasteiger charge is -2.17. The van der Waals surface area contributed by atoms with Crippen LogP contribution in [0.15, 0.2) is 18.2 Å². The highest BCUT2D eigenvalue weighted by Gasteiger charge is 2.23. The minimum absolute atomic E-state index is 0.146. The number of hydrogen-bond donors (Lipinski definition) is 1. The van der Waals surface area contributed by atoms with Gasteiger partial charge in [0, 0.05) is 5.56 Å². The zero-order valence-corrected chi connectivity index (χ0v) is 9.76. The predicted molar refractivity (Wildman–Crippen MR) is 60.6 cm³/mol. The highest BCUT2D eigenvalue weighted by atomic mass is 35.5. The van der Waals surface area contributed by atoms with Gasteiger partial charge in [-0.25, -0.2) is 0 Å². The number of carbonyl (C=O) groups is 1. The lowest BCUT2D eigenvalue weighted by molar-refractivity contribution is 0.0913. The van der Waals surface area contributed by atoms with Gasteiger partial charge in [-0.15, -0.1) is 0 Å². The molecule has 0 saturated carbocycles. The van der Waals surface area contributed by atoms with Crippen LogP contribution in [0.4, 0.5) is 0 Å². The molecule has 1 aromatic carbocycles. The fourth-order valence-electron chi connectivity index (χ4n) is 1.18. The molecule has 0 aliphatic heterocycles. The molecular weight excluding hydrogens is 214 g/mol. The Labute approximate surface area is 94.2 Å². The van der Waals surface area contributed by atoms with Gasteiger partial charge >= 0.3 is 0 Å². The summed E-state index contributed by atoms with van der Waals surface area (Å²) in [4.78, 5) is 11.8. The van der Waals surface area contributed by atoms with E-state index >= 15 is 0 Å². The molecule has 0 atom stereocenters. The van der Waals surface area contributed by atoms with Gasteiger partial charge in [0.25, 0.3) is 0 Å². The van der Waals surface area contributed by atoms with E-state index in [-0.39, 0.29) is 5.78 Å². The lowest BCUT2D eigenvalue weighted by atomic mass is 9.94. The molecule has 0 unspecified atom stereocenters. The Hall–Kier alpha value is -1.06. The molecule has 1 rings (SSSR count). The Kier molecular flexibility index (Phi) is 3.37. The fourth-order valence-corrected chi connectivity index (χ4v) is 1.44. The van der Waals surface area contributed by atoms with Gasteiger partial charge in [0.15, 0.2) is 5.78 Å². The molecule has 0 amide bonds. The van der Waals surface area contributed by atoms with Crippen LogP contribution in [0.1, 0.15) is 24.2 Å². The Morgan fingerprint density at radius 2 is 2.07 bits per heavy atom. The molecule has 0 fully saturated rings. The quantitative estimate of drug-likeness (QED) is 0.806. The number of ether oxygens (including phenoxy) is 1. The van der Waals surface area contributed by atoms with Crippen molar-refractivity contribution in [2.45, 2.75) is 19.4 Å². The van der Waals surface area contributed by atoms with Crippen LogP contribution >= 0.6 is 11.6 Å². The van der Waals surface area contributed by atoms with Gasteiger partial charge in [0.05, 0.1) is 17.7 Å². The number of rotatable bonds is 3. The third-order valence-electron chi connectivity index (χ3n) is 2.00. The normalized spacial score (nSPS) is 11.3. The number of ketones is 1. The average molecular weight is 228 g/mol. The number of nitrogens with two attached hydrogens (primary N) is 1. The molecule has 0 bridgehead atoms. The minimum atomic E-state index is -0.891. The van der Waals surface area contributed by atoms with E-state index in [0.29, 0.717) is 16.3 Å². The first kappa shape index (κ1) is 12.0. The van der Waals surface area contributed by atoms with E-state index in [9.17, 15) is 4.79 Å². The highest BCUT2D eigenvalue weighted by Crippen LogP contribution is 2.26. The van der Waals surface area contributed by atoms with Crippen LogP contribution in [0.5, 0.6) is 5.75 Å². The van der Waals surface area contributed by atoms with Gasteiger partial charge in [-0.2, -0.15) is 0 Å². The molecule has 15 heavy (non-hydrogen) atoms. The van der Waals surface area contributed by atoms with Gasteiger partial charge in [0.1, 0.15) is 5.75 Å². The topological polar surface area (TPSA) is 52.3 Å². The number of Topliss-reactive ketones (excluding diaryl/α,β-unsaturated/α-hetero) is 1. The fraction of sp³-hybridized carbons (Fsp3) is 0.364. The lowest BCUT2D eigenvalue weighted by Crippen LogP contribution is -2.41. The van der Waals surface area contributed by atoms with Crippen molar-refractivity contribution in [3.8, 4) is 5.75 Å². The van der Waals surface area contributed by atoms with E-state index in [2.05, 4.69) is 0 Å². The van der Waals surface area contributed by atoms with Crippen LogP contribution in [0.2, 0.25) is 5.02 Å². The van der Waals surface area contributed by atoms with Crippen molar-refractivity contribution in [1.82, 2.24) is 0 Å². The van der Waals surface area contributed by atoms with Crippen LogP contribution < -0.4 is 10.5 Å². The molecule has 0 radical (unpaired) electrons. The van der Waals surface area contributed by atoms with Crippen LogP contribution in [-0.2, 0) is 0 Å². The number of benzene rings is 1. The molecule has 82 valence electrons. The van der Waals surface area contributed by atoms with Crippen molar-refractivity contribution in [2.75, 3.05) is 7.11 Å². The van der Waals surface area contributed by atoms with E-state index in [4.69, 9.17) is 22.1 Å².